The molecule has 0 radical (unpaired) electrons. The van der Waals surface area contributed by atoms with E-state index in [-0.39, 0.29) is 24.2 Å². The van der Waals surface area contributed by atoms with Gasteiger partial charge in [-0.1, -0.05) is 12.8 Å². The Kier molecular flexibility index (Phi) is 4.16. The van der Waals surface area contributed by atoms with Crippen molar-refractivity contribution in [3.8, 4) is 0 Å². The molecule has 7 heteroatoms. The number of pyridine rings is 1. The van der Waals surface area contributed by atoms with Crippen LogP contribution in [0.25, 0.3) is 0 Å². The first-order valence-corrected chi connectivity index (χ1v) is 6.62. The molecule has 1 saturated carbocycles. The van der Waals surface area contributed by atoms with E-state index in [4.69, 9.17) is 0 Å². The van der Waals surface area contributed by atoms with Crippen molar-refractivity contribution in [2.24, 2.45) is 0 Å². The van der Waals surface area contributed by atoms with Crippen LogP contribution in [0.15, 0.2) is 17.1 Å². The zero-order valence-corrected chi connectivity index (χ0v) is 11.3. The van der Waals surface area contributed by atoms with Gasteiger partial charge in [0.25, 0.3) is 11.2 Å². The molecule has 0 aromatic carbocycles. The summed E-state index contributed by atoms with van der Waals surface area (Å²) in [6.07, 6.45) is 5.23. The van der Waals surface area contributed by atoms with Crippen LogP contribution in [0, 0.1) is 17.0 Å². The fourth-order valence-electron chi connectivity index (χ4n) is 2.47. The average molecular weight is 279 g/mol. The topological polar surface area (TPSA) is 94.2 Å². The predicted molar refractivity (Wildman–Crippen MR) is 72.5 cm³/mol. The van der Waals surface area contributed by atoms with Crippen molar-refractivity contribution in [3.05, 3.63) is 38.3 Å². The number of nitrogens with zero attached hydrogens (tertiary/aromatic N) is 2. The molecule has 0 saturated heterocycles. The van der Waals surface area contributed by atoms with E-state index < -0.39 is 10.5 Å². The average Bonchev–Trinajstić information content (AvgIpc) is 2.84. The van der Waals surface area contributed by atoms with Gasteiger partial charge in [0.2, 0.25) is 5.91 Å². The zero-order valence-electron chi connectivity index (χ0n) is 11.3. The van der Waals surface area contributed by atoms with Gasteiger partial charge in [0.05, 0.1) is 11.1 Å². The lowest BCUT2D eigenvalue weighted by Crippen LogP contribution is -2.37. The van der Waals surface area contributed by atoms with E-state index in [0.29, 0.717) is 5.56 Å². The van der Waals surface area contributed by atoms with Crippen molar-refractivity contribution >= 4 is 11.6 Å². The van der Waals surface area contributed by atoms with E-state index in [0.717, 1.165) is 36.4 Å². The molecule has 0 unspecified atom stereocenters. The molecule has 2 rings (SSSR count). The van der Waals surface area contributed by atoms with Crippen LogP contribution < -0.4 is 10.9 Å². The Morgan fingerprint density at radius 2 is 2.15 bits per heavy atom. The fraction of sp³-hybridized carbons (Fsp3) is 0.538. The Morgan fingerprint density at radius 3 is 2.75 bits per heavy atom. The Morgan fingerprint density at radius 1 is 1.50 bits per heavy atom. The first kappa shape index (κ1) is 14.2. The lowest BCUT2D eigenvalue weighted by atomic mass is 10.2. The third-order valence-corrected chi connectivity index (χ3v) is 3.54. The maximum absolute atomic E-state index is 11.8. The monoisotopic (exact) mass is 279 g/mol. The molecule has 1 N–H and O–H groups in total. The van der Waals surface area contributed by atoms with E-state index in [9.17, 15) is 19.7 Å². The van der Waals surface area contributed by atoms with E-state index >= 15 is 0 Å². The standard InChI is InChI=1S/C13H17N3O4/c1-9-6-13(18)15(7-11(9)16(19)20)8-12(17)14-10-4-2-3-5-10/h6-7,10H,2-5,8H2,1H3,(H,14,17). The highest BCUT2D eigenvalue weighted by atomic mass is 16.6. The molecule has 0 atom stereocenters. The number of hydrogen-bond donors (Lipinski definition) is 1. The van der Waals surface area contributed by atoms with Crippen molar-refractivity contribution in [3.63, 3.8) is 0 Å². The summed E-state index contributed by atoms with van der Waals surface area (Å²) < 4.78 is 1.08. The van der Waals surface area contributed by atoms with Gasteiger partial charge in [0.15, 0.2) is 0 Å². The van der Waals surface area contributed by atoms with Crippen molar-refractivity contribution in [2.75, 3.05) is 0 Å². The van der Waals surface area contributed by atoms with Crippen LogP contribution in [0.3, 0.4) is 0 Å². The predicted octanol–water partition coefficient (Wildman–Crippen LogP) is 1.12. The number of hydrogen-bond acceptors (Lipinski definition) is 4. The SMILES string of the molecule is Cc1cc(=O)n(CC(=O)NC2CCCC2)cc1[N+](=O)[O-]. The maximum Gasteiger partial charge on any atom is 0.288 e. The third kappa shape index (κ3) is 3.23. The van der Waals surface area contributed by atoms with Crippen LogP contribution in [-0.2, 0) is 11.3 Å². The highest BCUT2D eigenvalue weighted by Gasteiger charge is 2.19. The summed E-state index contributed by atoms with van der Waals surface area (Å²) >= 11 is 0. The first-order valence-electron chi connectivity index (χ1n) is 6.62. The van der Waals surface area contributed by atoms with Crippen LogP contribution in [0.2, 0.25) is 0 Å². The number of aryl methyl sites for hydroxylation is 1. The lowest BCUT2D eigenvalue weighted by Gasteiger charge is -2.12. The summed E-state index contributed by atoms with van der Waals surface area (Å²) in [6.45, 7) is 1.32. The van der Waals surface area contributed by atoms with Gasteiger partial charge < -0.3 is 5.32 Å². The van der Waals surface area contributed by atoms with E-state index in [1.807, 2.05) is 0 Å². The lowest BCUT2D eigenvalue weighted by molar-refractivity contribution is -0.385. The molecule has 0 aliphatic heterocycles. The molecule has 108 valence electrons. The second-order valence-corrected chi connectivity index (χ2v) is 5.11. The Hall–Kier alpha value is -2.18. The highest BCUT2D eigenvalue weighted by molar-refractivity contribution is 5.76. The zero-order chi connectivity index (χ0) is 14.7. The van der Waals surface area contributed by atoms with Crippen molar-refractivity contribution in [2.45, 2.75) is 45.2 Å². The molecule has 1 aromatic heterocycles. The van der Waals surface area contributed by atoms with Crippen LogP contribution in [0.4, 0.5) is 5.69 Å². The number of carbonyl (C=O) groups is 1. The van der Waals surface area contributed by atoms with Gasteiger partial charge in [0.1, 0.15) is 6.54 Å². The number of nitro groups is 1. The van der Waals surface area contributed by atoms with Crippen LogP contribution in [0.5, 0.6) is 0 Å². The second kappa shape index (κ2) is 5.85. The molecule has 1 aliphatic carbocycles. The number of nitrogens with one attached hydrogen (secondary N) is 1. The molecule has 1 heterocycles. The second-order valence-electron chi connectivity index (χ2n) is 5.11. The Labute approximate surface area is 115 Å². The quantitative estimate of drug-likeness (QED) is 0.660. The Bertz CT molecular complexity index is 588. The minimum absolute atomic E-state index is 0.154. The van der Waals surface area contributed by atoms with E-state index in [1.165, 1.54) is 13.0 Å². The summed E-state index contributed by atoms with van der Waals surface area (Å²) in [4.78, 5) is 33.9. The third-order valence-electron chi connectivity index (χ3n) is 3.54. The summed E-state index contributed by atoms with van der Waals surface area (Å²) in [5.74, 6) is -0.280. The molecule has 1 aromatic rings. The van der Waals surface area contributed by atoms with E-state index in [1.54, 1.807) is 0 Å². The van der Waals surface area contributed by atoms with Crippen molar-refractivity contribution < 1.29 is 9.72 Å². The molecule has 0 spiro atoms. The van der Waals surface area contributed by atoms with Gasteiger partial charge in [-0.3, -0.25) is 24.3 Å². The van der Waals surface area contributed by atoms with Crippen LogP contribution >= 0.6 is 0 Å². The molecule has 1 aliphatic rings. The van der Waals surface area contributed by atoms with Gasteiger partial charge >= 0.3 is 0 Å². The summed E-state index contributed by atoms with van der Waals surface area (Å²) in [5.41, 5.74) is -0.264. The summed E-state index contributed by atoms with van der Waals surface area (Å²) in [6, 6.07) is 1.35. The highest BCUT2D eigenvalue weighted by Crippen LogP contribution is 2.17. The number of amides is 1. The maximum atomic E-state index is 11.8. The summed E-state index contributed by atoms with van der Waals surface area (Å²) in [7, 11) is 0. The number of rotatable bonds is 4. The van der Waals surface area contributed by atoms with Crippen molar-refractivity contribution in [1.29, 1.82) is 0 Å². The molecule has 7 nitrogen and oxygen atoms in total. The smallest absolute Gasteiger partial charge is 0.288 e. The molecule has 1 fully saturated rings. The van der Waals surface area contributed by atoms with E-state index in [2.05, 4.69) is 5.32 Å². The first-order chi connectivity index (χ1) is 9.47. The van der Waals surface area contributed by atoms with Crippen LogP contribution in [-0.4, -0.2) is 21.4 Å². The largest absolute Gasteiger partial charge is 0.352 e. The van der Waals surface area contributed by atoms with Crippen molar-refractivity contribution in [1.82, 2.24) is 9.88 Å². The normalized spacial score (nSPS) is 15.2. The molecular weight excluding hydrogens is 262 g/mol. The summed E-state index contributed by atoms with van der Waals surface area (Å²) in [5, 5.41) is 13.7. The van der Waals surface area contributed by atoms with Gasteiger partial charge in [-0.2, -0.15) is 0 Å². The Balaban J connectivity index is 2.12. The van der Waals surface area contributed by atoms with Gasteiger partial charge in [-0.15, -0.1) is 0 Å². The fourth-order valence-corrected chi connectivity index (χ4v) is 2.47. The van der Waals surface area contributed by atoms with Gasteiger partial charge in [-0.05, 0) is 19.8 Å². The molecule has 1 amide bonds. The van der Waals surface area contributed by atoms with Crippen LogP contribution in [0.1, 0.15) is 31.2 Å². The molecule has 0 bridgehead atoms. The molecule has 20 heavy (non-hydrogen) atoms. The number of carbonyl (C=O) groups excluding carboxylic acids is 1. The molecular formula is C13H17N3O4. The minimum Gasteiger partial charge on any atom is -0.352 e. The minimum atomic E-state index is -0.555. The van der Waals surface area contributed by atoms with Gasteiger partial charge in [-0.25, -0.2) is 0 Å². The number of aromatic nitrogens is 1. The van der Waals surface area contributed by atoms with Gasteiger partial charge in [0, 0.05) is 17.7 Å².